The second-order valence-electron chi connectivity index (χ2n) is 4.17. The minimum Gasteiger partial charge on any atom is -0.325 e. The Kier molecular flexibility index (Phi) is 5.35. The van der Waals surface area contributed by atoms with Gasteiger partial charge in [0.2, 0.25) is 5.91 Å². The molecule has 0 aliphatic rings. The molecular weight excluding hydrogens is 313 g/mol. The van der Waals surface area contributed by atoms with E-state index in [2.05, 4.69) is 5.32 Å². The number of anilines is 1. The highest BCUT2D eigenvalue weighted by molar-refractivity contribution is 7.98. The van der Waals surface area contributed by atoms with Gasteiger partial charge in [-0.2, -0.15) is 0 Å². The van der Waals surface area contributed by atoms with Crippen molar-refractivity contribution in [2.24, 2.45) is 0 Å². The third-order valence-electron chi connectivity index (χ3n) is 2.73. The Hall–Kier alpha value is -1.16. The minimum atomic E-state index is -0.0788. The van der Waals surface area contributed by atoms with Gasteiger partial charge in [-0.15, -0.1) is 11.8 Å². The molecule has 0 atom stereocenters. The molecule has 1 amide bonds. The van der Waals surface area contributed by atoms with Gasteiger partial charge in [-0.25, -0.2) is 0 Å². The predicted octanol–water partition coefficient (Wildman–Crippen LogP) is 4.90. The second-order valence-corrected chi connectivity index (χ2v) is 5.84. The molecule has 2 aromatic rings. The lowest BCUT2D eigenvalue weighted by Gasteiger charge is -2.09. The normalized spacial score (nSPS) is 10.3. The third-order valence-corrected chi connectivity index (χ3v) is 4.26. The zero-order valence-electron chi connectivity index (χ0n) is 10.8. The summed E-state index contributed by atoms with van der Waals surface area (Å²) in [5.74, 6) is -0.0788. The van der Waals surface area contributed by atoms with Crippen LogP contribution in [0.15, 0.2) is 47.4 Å². The number of para-hydroxylation sites is 1. The Bertz CT molecular complexity index is 631. The Morgan fingerprint density at radius 3 is 2.60 bits per heavy atom. The van der Waals surface area contributed by atoms with Gasteiger partial charge in [-0.05, 0) is 36.1 Å². The maximum Gasteiger partial charge on any atom is 0.228 e. The van der Waals surface area contributed by atoms with E-state index in [1.165, 1.54) is 0 Å². The summed E-state index contributed by atoms with van der Waals surface area (Å²) in [6.45, 7) is 0. The molecule has 20 heavy (non-hydrogen) atoms. The lowest BCUT2D eigenvalue weighted by molar-refractivity contribution is -0.115. The van der Waals surface area contributed by atoms with Crippen LogP contribution >= 0.6 is 35.0 Å². The smallest absolute Gasteiger partial charge is 0.228 e. The zero-order valence-corrected chi connectivity index (χ0v) is 13.1. The first kappa shape index (κ1) is 15.2. The molecule has 2 rings (SSSR count). The molecule has 104 valence electrons. The van der Waals surface area contributed by atoms with Gasteiger partial charge in [0.15, 0.2) is 0 Å². The topological polar surface area (TPSA) is 29.1 Å². The number of hydrogen-bond acceptors (Lipinski definition) is 2. The van der Waals surface area contributed by atoms with Gasteiger partial charge in [0.05, 0.1) is 22.2 Å². The quantitative estimate of drug-likeness (QED) is 0.810. The van der Waals surface area contributed by atoms with Gasteiger partial charge in [0.25, 0.3) is 0 Å². The maximum atomic E-state index is 12.0. The van der Waals surface area contributed by atoms with Gasteiger partial charge in [-0.3, -0.25) is 4.79 Å². The van der Waals surface area contributed by atoms with E-state index < -0.39 is 0 Å². The average Bonchev–Trinajstić information content (AvgIpc) is 2.43. The minimum absolute atomic E-state index is 0.0788. The van der Waals surface area contributed by atoms with Gasteiger partial charge >= 0.3 is 0 Å². The fourth-order valence-electron chi connectivity index (χ4n) is 1.78. The summed E-state index contributed by atoms with van der Waals surface area (Å²) < 4.78 is 0. The van der Waals surface area contributed by atoms with Crippen LogP contribution in [0.2, 0.25) is 10.0 Å². The molecule has 0 bridgehead atoms. The van der Waals surface area contributed by atoms with Crippen molar-refractivity contribution in [3.8, 4) is 0 Å². The Morgan fingerprint density at radius 2 is 1.90 bits per heavy atom. The van der Waals surface area contributed by atoms with Crippen molar-refractivity contribution in [1.82, 2.24) is 0 Å². The van der Waals surface area contributed by atoms with E-state index in [-0.39, 0.29) is 12.3 Å². The van der Waals surface area contributed by atoms with Crippen LogP contribution in [0, 0.1) is 0 Å². The van der Waals surface area contributed by atoms with Crippen molar-refractivity contribution in [3.63, 3.8) is 0 Å². The van der Waals surface area contributed by atoms with Crippen LogP contribution in [0.3, 0.4) is 0 Å². The number of hydrogen-bond donors (Lipinski definition) is 1. The highest BCUT2D eigenvalue weighted by Gasteiger charge is 2.08. The molecule has 2 aromatic carbocycles. The van der Waals surface area contributed by atoms with Crippen LogP contribution in [-0.4, -0.2) is 12.2 Å². The number of halogens is 2. The zero-order chi connectivity index (χ0) is 14.5. The van der Waals surface area contributed by atoms with Crippen LogP contribution < -0.4 is 5.32 Å². The lowest BCUT2D eigenvalue weighted by Crippen LogP contribution is -2.14. The van der Waals surface area contributed by atoms with Crippen LogP contribution in [-0.2, 0) is 11.2 Å². The van der Waals surface area contributed by atoms with Gasteiger partial charge in [-0.1, -0.05) is 41.4 Å². The van der Waals surface area contributed by atoms with E-state index in [9.17, 15) is 4.79 Å². The number of nitrogens with one attached hydrogen (secondary N) is 1. The number of thioether (sulfide) groups is 1. The summed E-state index contributed by atoms with van der Waals surface area (Å²) in [5.41, 5.74) is 1.66. The van der Waals surface area contributed by atoms with Crippen molar-refractivity contribution in [2.75, 3.05) is 11.6 Å². The van der Waals surface area contributed by atoms with Crippen molar-refractivity contribution >= 4 is 46.6 Å². The summed E-state index contributed by atoms with van der Waals surface area (Å²) in [5, 5.41) is 3.86. The molecule has 5 heteroatoms. The number of benzene rings is 2. The monoisotopic (exact) mass is 325 g/mol. The molecule has 0 spiro atoms. The number of rotatable bonds is 4. The van der Waals surface area contributed by atoms with Crippen molar-refractivity contribution in [1.29, 1.82) is 0 Å². The summed E-state index contributed by atoms with van der Waals surface area (Å²) in [7, 11) is 0. The van der Waals surface area contributed by atoms with Gasteiger partial charge in [0.1, 0.15) is 0 Å². The molecule has 0 aliphatic carbocycles. The predicted molar refractivity (Wildman–Crippen MR) is 87.0 cm³/mol. The molecule has 0 saturated heterocycles. The Labute approximate surface area is 132 Å². The van der Waals surface area contributed by atoms with Gasteiger partial charge in [0, 0.05) is 4.90 Å². The first-order chi connectivity index (χ1) is 9.60. The van der Waals surface area contributed by atoms with Crippen molar-refractivity contribution in [3.05, 3.63) is 58.1 Å². The fraction of sp³-hybridized carbons (Fsp3) is 0.133. The first-order valence-electron chi connectivity index (χ1n) is 5.97. The summed E-state index contributed by atoms with van der Waals surface area (Å²) in [6.07, 6.45) is 2.24. The lowest BCUT2D eigenvalue weighted by atomic mass is 10.1. The number of carbonyl (C=O) groups excluding carboxylic acids is 1. The maximum absolute atomic E-state index is 12.0. The highest BCUT2D eigenvalue weighted by atomic mass is 35.5. The van der Waals surface area contributed by atoms with Crippen molar-refractivity contribution < 1.29 is 4.79 Å². The van der Waals surface area contributed by atoms with E-state index >= 15 is 0 Å². The fourth-order valence-corrected chi connectivity index (χ4v) is 2.65. The van der Waals surface area contributed by atoms with E-state index in [1.807, 2.05) is 30.5 Å². The average molecular weight is 326 g/mol. The van der Waals surface area contributed by atoms with E-state index in [0.29, 0.717) is 10.0 Å². The summed E-state index contributed by atoms with van der Waals surface area (Å²) in [6, 6.07) is 12.9. The highest BCUT2D eigenvalue weighted by Crippen LogP contribution is 2.25. The van der Waals surface area contributed by atoms with Crippen LogP contribution in [0.1, 0.15) is 5.56 Å². The molecule has 0 heterocycles. The number of amides is 1. The Balaban J connectivity index is 2.07. The molecular formula is C15H13Cl2NOS. The molecule has 0 radical (unpaired) electrons. The van der Waals surface area contributed by atoms with E-state index in [4.69, 9.17) is 23.2 Å². The summed E-state index contributed by atoms with van der Waals surface area (Å²) >= 11 is 13.4. The number of carbonyl (C=O) groups is 1. The van der Waals surface area contributed by atoms with Crippen LogP contribution in [0.5, 0.6) is 0 Å². The SMILES string of the molecule is CSc1ccccc1NC(=O)Cc1ccc(Cl)c(Cl)c1. The van der Waals surface area contributed by atoms with Gasteiger partial charge < -0.3 is 5.32 Å². The molecule has 0 unspecified atom stereocenters. The molecule has 0 aromatic heterocycles. The van der Waals surface area contributed by atoms with E-state index in [1.54, 1.807) is 30.0 Å². The molecule has 1 N–H and O–H groups in total. The van der Waals surface area contributed by atoms with E-state index in [0.717, 1.165) is 16.1 Å². The first-order valence-corrected chi connectivity index (χ1v) is 7.95. The molecule has 0 aliphatic heterocycles. The molecule has 2 nitrogen and oxygen atoms in total. The van der Waals surface area contributed by atoms with Crippen LogP contribution in [0.25, 0.3) is 0 Å². The summed E-state index contributed by atoms with van der Waals surface area (Å²) in [4.78, 5) is 13.1. The second kappa shape index (κ2) is 7.02. The van der Waals surface area contributed by atoms with Crippen LogP contribution in [0.4, 0.5) is 5.69 Å². The largest absolute Gasteiger partial charge is 0.325 e. The third kappa shape index (κ3) is 3.92. The van der Waals surface area contributed by atoms with Crippen molar-refractivity contribution in [2.45, 2.75) is 11.3 Å². The standard InChI is InChI=1S/C15H13Cl2NOS/c1-20-14-5-3-2-4-13(14)18-15(19)9-10-6-7-11(16)12(17)8-10/h2-8H,9H2,1H3,(H,18,19). The molecule has 0 fully saturated rings. The molecule has 0 saturated carbocycles. The Morgan fingerprint density at radius 1 is 1.15 bits per heavy atom.